The smallest absolute Gasteiger partial charge is 0.262 e. The van der Waals surface area contributed by atoms with Crippen molar-refractivity contribution in [3.8, 4) is 0 Å². The summed E-state index contributed by atoms with van der Waals surface area (Å²) < 4.78 is 5.57. The normalized spacial score (nSPS) is 17.7. The molecule has 0 bridgehead atoms. The molecule has 0 saturated heterocycles. The molecule has 4 nitrogen and oxygen atoms in total. The number of hydrogen-bond donors (Lipinski definition) is 1. The summed E-state index contributed by atoms with van der Waals surface area (Å²) in [5.41, 5.74) is 3.13. The summed E-state index contributed by atoms with van der Waals surface area (Å²) in [4.78, 5) is 14.7. The van der Waals surface area contributed by atoms with Crippen molar-refractivity contribution >= 4 is 11.6 Å². The van der Waals surface area contributed by atoms with Gasteiger partial charge in [0.2, 0.25) is 0 Å². The molecule has 2 aromatic rings. The number of amides is 1. The molecule has 0 fully saturated rings. The van der Waals surface area contributed by atoms with E-state index in [0.717, 1.165) is 22.6 Å². The van der Waals surface area contributed by atoms with Crippen LogP contribution in [0.15, 0.2) is 28.7 Å². The Kier molecular flexibility index (Phi) is 3.33. The first-order valence-corrected chi connectivity index (χ1v) is 7.16. The van der Waals surface area contributed by atoms with Gasteiger partial charge in [0.15, 0.2) is 0 Å². The van der Waals surface area contributed by atoms with E-state index in [1.54, 1.807) is 4.90 Å². The summed E-state index contributed by atoms with van der Waals surface area (Å²) in [7, 11) is 0. The lowest BCUT2D eigenvalue weighted by molar-refractivity contribution is 0.0968. The van der Waals surface area contributed by atoms with Crippen molar-refractivity contribution < 1.29 is 14.3 Å². The molecule has 21 heavy (non-hydrogen) atoms. The molecule has 3 rings (SSSR count). The second kappa shape index (κ2) is 5.04. The van der Waals surface area contributed by atoms with E-state index in [4.69, 9.17) is 4.42 Å². The molecule has 1 aliphatic rings. The van der Waals surface area contributed by atoms with Gasteiger partial charge in [0, 0.05) is 23.4 Å². The summed E-state index contributed by atoms with van der Waals surface area (Å²) >= 11 is 0. The highest BCUT2D eigenvalue weighted by atomic mass is 16.3. The van der Waals surface area contributed by atoms with Gasteiger partial charge < -0.3 is 14.4 Å². The maximum absolute atomic E-state index is 12.9. The van der Waals surface area contributed by atoms with E-state index in [9.17, 15) is 9.90 Å². The Morgan fingerprint density at radius 3 is 2.62 bits per heavy atom. The van der Waals surface area contributed by atoms with Crippen LogP contribution < -0.4 is 4.90 Å². The van der Waals surface area contributed by atoms with E-state index in [0.29, 0.717) is 24.3 Å². The molecule has 1 atom stereocenters. The second-order valence-electron chi connectivity index (χ2n) is 5.53. The zero-order valence-corrected chi connectivity index (χ0v) is 12.5. The Hall–Kier alpha value is -2.07. The fourth-order valence-corrected chi connectivity index (χ4v) is 3.00. The third-order valence-corrected chi connectivity index (χ3v) is 4.23. The van der Waals surface area contributed by atoms with E-state index in [1.165, 1.54) is 0 Å². The molecule has 0 aliphatic carbocycles. The number of aliphatic hydroxyl groups excluding tert-OH is 1. The van der Waals surface area contributed by atoms with Gasteiger partial charge in [-0.25, -0.2) is 0 Å². The monoisotopic (exact) mass is 285 g/mol. The SMILES string of the molecule is Cc1oc(C)c(C(=O)N2CCC(O)c3ccccc32)c1C. The van der Waals surface area contributed by atoms with Crippen molar-refractivity contribution in [1.29, 1.82) is 0 Å². The number of carbonyl (C=O) groups is 1. The summed E-state index contributed by atoms with van der Waals surface area (Å²) in [5, 5.41) is 10.1. The summed E-state index contributed by atoms with van der Waals surface area (Å²) in [6.45, 7) is 6.11. The Bertz CT molecular complexity index is 702. The van der Waals surface area contributed by atoms with Crippen LogP contribution >= 0.6 is 0 Å². The molecule has 1 N–H and O–H groups in total. The number of carbonyl (C=O) groups excluding carboxylic acids is 1. The molecule has 1 aliphatic heterocycles. The average Bonchev–Trinajstić information content (AvgIpc) is 2.72. The van der Waals surface area contributed by atoms with E-state index in [2.05, 4.69) is 0 Å². The van der Waals surface area contributed by atoms with Gasteiger partial charge in [-0.2, -0.15) is 0 Å². The number of rotatable bonds is 1. The van der Waals surface area contributed by atoms with E-state index >= 15 is 0 Å². The lowest BCUT2D eigenvalue weighted by atomic mass is 9.97. The van der Waals surface area contributed by atoms with Crippen LogP contribution in [0.4, 0.5) is 5.69 Å². The summed E-state index contributed by atoms with van der Waals surface area (Å²) in [5.74, 6) is 1.38. The highest BCUT2D eigenvalue weighted by Gasteiger charge is 2.30. The number of anilines is 1. The van der Waals surface area contributed by atoms with Gasteiger partial charge >= 0.3 is 0 Å². The predicted octanol–water partition coefficient (Wildman–Crippen LogP) is 3.29. The topological polar surface area (TPSA) is 53.7 Å². The highest BCUT2D eigenvalue weighted by molar-refractivity contribution is 6.08. The standard InChI is InChI=1S/C17H19NO3/c1-10-11(2)21-12(3)16(10)17(20)18-9-8-15(19)13-6-4-5-7-14(13)18/h4-7,15,19H,8-9H2,1-3H3. The third-order valence-electron chi connectivity index (χ3n) is 4.23. The van der Waals surface area contributed by atoms with Crippen molar-refractivity contribution in [2.45, 2.75) is 33.3 Å². The van der Waals surface area contributed by atoms with Crippen molar-refractivity contribution in [2.75, 3.05) is 11.4 Å². The first-order valence-electron chi connectivity index (χ1n) is 7.16. The van der Waals surface area contributed by atoms with E-state index in [-0.39, 0.29) is 5.91 Å². The molecule has 110 valence electrons. The summed E-state index contributed by atoms with van der Waals surface area (Å²) in [6, 6.07) is 7.53. The van der Waals surface area contributed by atoms with Gasteiger partial charge in [0.05, 0.1) is 11.7 Å². The fourth-order valence-electron chi connectivity index (χ4n) is 3.00. The quantitative estimate of drug-likeness (QED) is 0.874. The van der Waals surface area contributed by atoms with Crippen LogP contribution in [0.25, 0.3) is 0 Å². The van der Waals surface area contributed by atoms with Crippen LogP contribution in [-0.2, 0) is 0 Å². The van der Waals surface area contributed by atoms with Gasteiger partial charge in [0.25, 0.3) is 5.91 Å². The highest BCUT2D eigenvalue weighted by Crippen LogP contribution is 2.35. The number of fused-ring (bicyclic) bond motifs is 1. The Labute approximate surface area is 124 Å². The zero-order chi connectivity index (χ0) is 15.1. The number of benzene rings is 1. The number of aryl methyl sites for hydroxylation is 2. The lowest BCUT2D eigenvalue weighted by Gasteiger charge is -2.32. The molecular weight excluding hydrogens is 266 g/mol. The molecule has 1 unspecified atom stereocenters. The second-order valence-corrected chi connectivity index (χ2v) is 5.53. The first kappa shape index (κ1) is 13.9. The van der Waals surface area contributed by atoms with Crippen LogP contribution in [0.5, 0.6) is 0 Å². The predicted molar refractivity (Wildman–Crippen MR) is 80.6 cm³/mol. The fraction of sp³-hybridized carbons (Fsp3) is 0.353. The molecule has 0 radical (unpaired) electrons. The molecular formula is C17H19NO3. The minimum Gasteiger partial charge on any atom is -0.466 e. The Morgan fingerprint density at radius 1 is 1.24 bits per heavy atom. The number of furan rings is 1. The van der Waals surface area contributed by atoms with Gasteiger partial charge in [-0.15, -0.1) is 0 Å². The maximum Gasteiger partial charge on any atom is 0.262 e. The minimum absolute atomic E-state index is 0.0544. The maximum atomic E-state index is 12.9. The molecule has 1 amide bonds. The number of nitrogens with zero attached hydrogens (tertiary/aromatic N) is 1. The molecule has 0 spiro atoms. The van der Waals surface area contributed by atoms with Crippen LogP contribution in [0.2, 0.25) is 0 Å². The number of aliphatic hydroxyl groups is 1. The van der Waals surface area contributed by atoms with Crippen molar-refractivity contribution in [1.82, 2.24) is 0 Å². The number of hydrogen-bond acceptors (Lipinski definition) is 3. The van der Waals surface area contributed by atoms with E-state index < -0.39 is 6.10 Å². The summed E-state index contributed by atoms with van der Waals surface area (Å²) in [6.07, 6.45) is 0.0519. The lowest BCUT2D eigenvalue weighted by Crippen LogP contribution is -2.37. The Balaban J connectivity index is 2.05. The third kappa shape index (κ3) is 2.16. The molecule has 2 heterocycles. The van der Waals surface area contributed by atoms with Gasteiger partial charge in [-0.3, -0.25) is 4.79 Å². The van der Waals surface area contributed by atoms with Crippen LogP contribution in [0, 0.1) is 20.8 Å². The first-order chi connectivity index (χ1) is 10.0. The van der Waals surface area contributed by atoms with Crippen LogP contribution in [0.1, 0.15) is 45.5 Å². The van der Waals surface area contributed by atoms with Crippen LogP contribution in [0.3, 0.4) is 0 Å². The van der Waals surface area contributed by atoms with Crippen molar-refractivity contribution in [3.05, 3.63) is 52.5 Å². The molecule has 1 aromatic heterocycles. The average molecular weight is 285 g/mol. The number of para-hydroxylation sites is 1. The Morgan fingerprint density at radius 2 is 1.95 bits per heavy atom. The molecule has 4 heteroatoms. The largest absolute Gasteiger partial charge is 0.466 e. The molecule has 1 aromatic carbocycles. The molecule has 0 saturated carbocycles. The van der Waals surface area contributed by atoms with Crippen LogP contribution in [-0.4, -0.2) is 17.6 Å². The van der Waals surface area contributed by atoms with Gasteiger partial charge in [-0.1, -0.05) is 18.2 Å². The van der Waals surface area contributed by atoms with Gasteiger partial charge in [0.1, 0.15) is 11.5 Å². The van der Waals surface area contributed by atoms with Crippen molar-refractivity contribution in [2.24, 2.45) is 0 Å². The van der Waals surface area contributed by atoms with Crippen molar-refractivity contribution in [3.63, 3.8) is 0 Å². The zero-order valence-electron chi connectivity index (χ0n) is 12.5. The minimum atomic E-state index is -0.501. The van der Waals surface area contributed by atoms with Gasteiger partial charge in [-0.05, 0) is 33.3 Å². The van der Waals surface area contributed by atoms with E-state index in [1.807, 2.05) is 45.0 Å².